The van der Waals surface area contributed by atoms with E-state index in [9.17, 15) is 9.59 Å². The topological polar surface area (TPSA) is 72.2 Å². The van der Waals surface area contributed by atoms with Gasteiger partial charge in [-0.2, -0.15) is 0 Å². The first-order valence-corrected chi connectivity index (χ1v) is 8.05. The molecule has 3 N–H and O–H groups in total. The number of primary amides is 1. The molecule has 5 heteroatoms. The number of nitrogens with two attached hydrogens (primary N) is 1. The van der Waals surface area contributed by atoms with E-state index in [1.165, 1.54) is 11.3 Å². The lowest BCUT2D eigenvalue weighted by Gasteiger charge is -2.14. The lowest BCUT2D eigenvalue weighted by molar-refractivity contribution is 0.0943. The molecule has 0 aliphatic rings. The molecule has 0 spiro atoms. The Labute approximate surface area is 137 Å². The third kappa shape index (κ3) is 3.24. The SMILES string of the molecule is CC(NC(=O)c1cc2ccccc2s1)c1cccc(C(N)=O)c1. The summed E-state index contributed by atoms with van der Waals surface area (Å²) < 4.78 is 1.08. The highest BCUT2D eigenvalue weighted by Crippen LogP contribution is 2.26. The van der Waals surface area contributed by atoms with Crippen LogP contribution in [0.5, 0.6) is 0 Å². The van der Waals surface area contributed by atoms with Crippen LogP contribution in [-0.4, -0.2) is 11.8 Å². The molecule has 23 heavy (non-hydrogen) atoms. The van der Waals surface area contributed by atoms with Crippen LogP contribution in [0.4, 0.5) is 0 Å². The average Bonchev–Trinajstić information content (AvgIpc) is 2.99. The zero-order chi connectivity index (χ0) is 16.4. The van der Waals surface area contributed by atoms with Crippen molar-refractivity contribution in [2.24, 2.45) is 5.73 Å². The summed E-state index contributed by atoms with van der Waals surface area (Å²) in [5.41, 5.74) is 6.57. The summed E-state index contributed by atoms with van der Waals surface area (Å²) in [7, 11) is 0. The van der Waals surface area contributed by atoms with Crippen molar-refractivity contribution in [2.75, 3.05) is 0 Å². The minimum atomic E-state index is -0.477. The van der Waals surface area contributed by atoms with Crippen LogP contribution in [0.2, 0.25) is 0 Å². The molecule has 1 unspecified atom stereocenters. The molecular weight excluding hydrogens is 308 g/mol. The van der Waals surface area contributed by atoms with Gasteiger partial charge in [0.05, 0.1) is 10.9 Å². The van der Waals surface area contributed by atoms with Crippen molar-refractivity contribution in [3.8, 4) is 0 Å². The van der Waals surface area contributed by atoms with Gasteiger partial charge in [0.1, 0.15) is 0 Å². The molecule has 116 valence electrons. The molecule has 1 heterocycles. The van der Waals surface area contributed by atoms with Crippen LogP contribution in [0, 0.1) is 0 Å². The van der Waals surface area contributed by atoms with E-state index in [4.69, 9.17) is 5.73 Å². The second-order valence-electron chi connectivity index (χ2n) is 5.33. The highest BCUT2D eigenvalue weighted by Gasteiger charge is 2.14. The van der Waals surface area contributed by atoms with Crippen molar-refractivity contribution in [1.82, 2.24) is 5.32 Å². The summed E-state index contributed by atoms with van der Waals surface area (Å²) in [6.45, 7) is 1.88. The molecule has 0 bridgehead atoms. The Bertz CT molecular complexity index is 852. The van der Waals surface area contributed by atoms with E-state index in [-0.39, 0.29) is 11.9 Å². The van der Waals surface area contributed by atoms with Gasteiger partial charge in [0.25, 0.3) is 5.91 Å². The Morgan fingerprint density at radius 1 is 1.09 bits per heavy atom. The molecule has 0 fully saturated rings. The molecule has 0 aliphatic heterocycles. The van der Waals surface area contributed by atoms with Gasteiger partial charge in [0, 0.05) is 10.3 Å². The third-order valence-corrected chi connectivity index (χ3v) is 4.78. The zero-order valence-electron chi connectivity index (χ0n) is 12.6. The number of benzene rings is 2. The van der Waals surface area contributed by atoms with Gasteiger partial charge in [0.2, 0.25) is 5.91 Å². The molecular formula is C18H16N2O2S. The molecule has 1 atom stereocenters. The Kier molecular flexibility index (Phi) is 4.12. The van der Waals surface area contributed by atoms with Gasteiger partial charge in [-0.05, 0) is 42.1 Å². The van der Waals surface area contributed by atoms with Crippen molar-refractivity contribution < 1.29 is 9.59 Å². The largest absolute Gasteiger partial charge is 0.366 e. The Morgan fingerprint density at radius 3 is 2.61 bits per heavy atom. The minimum Gasteiger partial charge on any atom is -0.366 e. The fourth-order valence-electron chi connectivity index (χ4n) is 2.41. The summed E-state index contributed by atoms with van der Waals surface area (Å²) in [4.78, 5) is 24.4. The predicted molar refractivity (Wildman–Crippen MR) is 92.7 cm³/mol. The maximum atomic E-state index is 12.4. The van der Waals surface area contributed by atoms with Gasteiger partial charge in [-0.1, -0.05) is 30.3 Å². The van der Waals surface area contributed by atoms with Crippen molar-refractivity contribution in [3.63, 3.8) is 0 Å². The number of thiophene rings is 1. The first kappa shape index (κ1) is 15.2. The fraction of sp³-hybridized carbons (Fsp3) is 0.111. The van der Waals surface area contributed by atoms with Gasteiger partial charge in [-0.25, -0.2) is 0 Å². The lowest BCUT2D eigenvalue weighted by atomic mass is 10.0. The van der Waals surface area contributed by atoms with Crippen molar-refractivity contribution >= 4 is 33.2 Å². The average molecular weight is 324 g/mol. The Balaban J connectivity index is 1.79. The van der Waals surface area contributed by atoms with Crippen LogP contribution in [0.1, 0.15) is 38.6 Å². The van der Waals surface area contributed by atoms with Crippen molar-refractivity contribution in [3.05, 3.63) is 70.6 Å². The zero-order valence-corrected chi connectivity index (χ0v) is 13.4. The molecule has 2 aromatic carbocycles. The van der Waals surface area contributed by atoms with Crippen molar-refractivity contribution in [2.45, 2.75) is 13.0 Å². The molecule has 0 aliphatic carbocycles. The van der Waals surface area contributed by atoms with Crippen LogP contribution >= 0.6 is 11.3 Å². The van der Waals surface area contributed by atoms with Gasteiger partial charge in [0.15, 0.2) is 0 Å². The lowest BCUT2D eigenvalue weighted by Crippen LogP contribution is -2.26. The Hall–Kier alpha value is -2.66. The maximum absolute atomic E-state index is 12.4. The summed E-state index contributed by atoms with van der Waals surface area (Å²) in [6.07, 6.45) is 0. The molecule has 3 aromatic rings. The number of carbonyl (C=O) groups is 2. The van der Waals surface area contributed by atoms with Gasteiger partial charge in [-0.15, -0.1) is 11.3 Å². The number of amides is 2. The highest BCUT2D eigenvalue weighted by molar-refractivity contribution is 7.20. The van der Waals surface area contributed by atoms with E-state index < -0.39 is 5.91 Å². The first-order chi connectivity index (χ1) is 11.0. The van der Waals surface area contributed by atoms with E-state index in [1.807, 2.05) is 43.3 Å². The number of fused-ring (bicyclic) bond motifs is 1. The van der Waals surface area contributed by atoms with Crippen LogP contribution in [0.15, 0.2) is 54.6 Å². The predicted octanol–water partition coefficient (Wildman–Crippen LogP) is 3.49. The molecule has 4 nitrogen and oxygen atoms in total. The number of hydrogen-bond donors (Lipinski definition) is 2. The first-order valence-electron chi connectivity index (χ1n) is 7.24. The fourth-order valence-corrected chi connectivity index (χ4v) is 3.37. The van der Waals surface area contributed by atoms with E-state index in [0.29, 0.717) is 10.4 Å². The number of carbonyl (C=O) groups excluding carboxylic acids is 2. The molecule has 0 saturated carbocycles. The summed E-state index contributed by atoms with van der Waals surface area (Å²) in [6, 6.07) is 16.6. The van der Waals surface area contributed by atoms with Gasteiger partial charge < -0.3 is 11.1 Å². The standard InChI is InChI=1S/C18H16N2O2S/c1-11(12-6-4-7-14(9-12)17(19)21)20-18(22)16-10-13-5-2-3-8-15(13)23-16/h2-11H,1H3,(H2,19,21)(H,20,22). The quantitative estimate of drug-likeness (QED) is 0.771. The molecule has 1 aromatic heterocycles. The number of hydrogen-bond acceptors (Lipinski definition) is 3. The molecule has 2 amide bonds. The maximum Gasteiger partial charge on any atom is 0.261 e. The van der Waals surface area contributed by atoms with E-state index >= 15 is 0 Å². The smallest absolute Gasteiger partial charge is 0.261 e. The summed E-state index contributed by atoms with van der Waals surface area (Å²) in [5.74, 6) is -0.599. The number of rotatable bonds is 4. The second kappa shape index (κ2) is 6.22. The van der Waals surface area contributed by atoms with Gasteiger partial charge >= 0.3 is 0 Å². The molecule has 3 rings (SSSR count). The molecule has 0 saturated heterocycles. The Morgan fingerprint density at radius 2 is 1.87 bits per heavy atom. The number of nitrogens with one attached hydrogen (secondary N) is 1. The normalized spacial score (nSPS) is 12.0. The van der Waals surface area contributed by atoms with Crippen LogP contribution in [0.3, 0.4) is 0 Å². The monoisotopic (exact) mass is 324 g/mol. The summed E-state index contributed by atoms with van der Waals surface area (Å²) in [5, 5.41) is 4.02. The van der Waals surface area contributed by atoms with Crippen molar-refractivity contribution in [1.29, 1.82) is 0 Å². The van der Waals surface area contributed by atoms with E-state index in [1.54, 1.807) is 18.2 Å². The highest BCUT2D eigenvalue weighted by atomic mass is 32.1. The summed E-state index contributed by atoms with van der Waals surface area (Å²) >= 11 is 1.46. The van der Waals surface area contributed by atoms with Crippen LogP contribution in [0.25, 0.3) is 10.1 Å². The third-order valence-electron chi connectivity index (χ3n) is 3.67. The van der Waals surface area contributed by atoms with E-state index in [2.05, 4.69) is 5.32 Å². The van der Waals surface area contributed by atoms with Crippen LogP contribution in [-0.2, 0) is 0 Å². The molecule has 0 radical (unpaired) electrons. The van der Waals surface area contributed by atoms with E-state index in [0.717, 1.165) is 15.6 Å². The second-order valence-corrected chi connectivity index (χ2v) is 6.42. The minimum absolute atomic E-state index is 0.122. The van der Waals surface area contributed by atoms with Crippen LogP contribution < -0.4 is 11.1 Å². The van der Waals surface area contributed by atoms with Gasteiger partial charge in [-0.3, -0.25) is 9.59 Å².